The molecule has 0 aromatic heterocycles. The van der Waals surface area contributed by atoms with Crippen molar-refractivity contribution < 1.29 is 38.1 Å². The maximum Gasteiger partial charge on any atom is 0.344 e. The molecule has 0 N–H and O–H groups in total. The molecule has 0 saturated carbocycles. The van der Waals surface area contributed by atoms with Crippen molar-refractivity contribution in [2.45, 2.75) is 0 Å². The lowest BCUT2D eigenvalue weighted by atomic mass is 10.1. The number of halogens is 1. The Balaban J connectivity index is 6.25. The third-order valence-corrected chi connectivity index (χ3v) is 3.09. The number of carbonyl (C=O) groups excluding carboxylic acids is 4. The fraction of sp³-hybridized carbons (Fsp3) is 0.333. The first-order valence-corrected chi connectivity index (χ1v) is 6.36. The van der Waals surface area contributed by atoms with Crippen LogP contribution in [0.3, 0.4) is 0 Å². The number of carbonyl (C=O) groups is 4. The number of hydrogen-bond donors (Lipinski definition) is 0. The van der Waals surface area contributed by atoms with E-state index in [2.05, 4.69) is 18.9 Å². The predicted octanol–water partition coefficient (Wildman–Crippen LogP) is 0.294. The first kappa shape index (κ1) is 19.1. The smallest absolute Gasteiger partial charge is 0.344 e. The molecule has 0 aromatic carbocycles. The van der Waals surface area contributed by atoms with Gasteiger partial charge in [0.2, 0.25) is 0 Å². The summed E-state index contributed by atoms with van der Waals surface area (Å²) in [6.45, 7) is 0. The molecular weight excluding hydrogens is 399 g/mol. The van der Waals surface area contributed by atoms with E-state index in [0.717, 1.165) is 34.5 Å². The van der Waals surface area contributed by atoms with Crippen LogP contribution in [0.2, 0.25) is 0 Å². The highest BCUT2D eigenvalue weighted by Gasteiger charge is 2.29. The van der Waals surface area contributed by atoms with Crippen molar-refractivity contribution in [3.63, 3.8) is 0 Å². The maximum atomic E-state index is 11.8. The van der Waals surface area contributed by atoms with Gasteiger partial charge in [-0.3, -0.25) is 0 Å². The lowest BCUT2D eigenvalue weighted by molar-refractivity contribution is -0.141. The molecule has 0 fully saturated rings. The maximum absolute atomic E-state index is 11.8. The first-order chi connectivity index (χ1) is 9.83. The molecule has 0 atom stereocenters. The van der Waals surface area contributed by atoms with Crippen molar-refractivity contribution in [1.82, 2.24) is 0 Å². The van der Waals surface area contributed by atoms with E-state index in [0.29, 0.717) is 0 Å². The molecule has 0 unspecified atom stereocenters. The van der Waals surface area contributed by atoms with Crippen molar-refractivity contribution in [2.24, 2.45) is 0 Å². The minimum absolute atomic E-state index is 0.248. The van der Waals surface area contributed by atoms with E-state index in [9.17, 15) is 19.2 Å². The summed E-state index contributed by atoms with van der Waals surface area (Å²) >= 11 is 1.50. The van der Waals surface area contributed by atoms with Gasteiger partial charge in [0.05, 0.1) is 39.6 Å². The SMILES string of the molecule is COC(=O)/C=C(C(=O)OC)/C(C(=O)OC)=C(\I)C(=O)OC. The minimum atomic E-state index is -1.01. The number of ether oxygens (including phenoxy) is 4. The first-order valence-electron chi connectivity index (χ1n) is 5.28. The molecular formula is C12H13IO8. The zero-order valence-electron chi connectivity index (χ0n) is 11.7. The van der Waals surface area contributed by atoms with E-state index >= 15 is 0 Å². The van der Waals surface area contributed by atoms with Crippen molar-refractivity contribution in [3.05, 3.63) is 20.8 Å². The number of rotatable bonds is 5. The molecule has 0 spiro atoms. The summed E-state index contributed by atoms with van der Waals surface area (Å²) < 4.78 is 17.6. The van der Waals surface area contributed by atoms with Crippen LogP contribution in [0.1, 0.15) is 0 Å². The second-order valence-electron chi connectivity index (χ2n) is 3.24. The molecule has 0 bridgehead atoms. The molecule has 9 heteroatoms. The van der Waals surface area contributed by atoms with Gasteiger partial charge in [0.25, 0.3) is 0 Å². The van der Waals surface area contributed by atoms with E-state index in [1.54, 1.807) is 0 Å². The second kappa shape index (κ2) is 9.10. The number of methoxy groups -OCH3 is 4. The molecule has 116 valence electrons. The summed E-state index contributed by atoms with van der Waals surface area (Å²) in [7, 11) is 4.28. The fourth-order valence-electron chi connectivity index (χ4n) is 1.13. The molecule has 0 aliphatic carbocycles. The van der Waals surface area contributed by atoms with Crippen LogP contribution in [0.5, 0.6) is 0 Å². The van der Waals surface area contributed by atoms with E-state index in [-0.39, 0.29) is 3.58 Å². The molecule has 0 radical (unpaired) electrons. The van der Waals surface area contributed by atoms with Crippen LogP contribution in [-0.2, 0) is 38.1 Å². The van der Waals surface area contributed by atoms with Gasteiger partial charge in [-0.2, -0.15) is 0 Å². The fourth-order valence-corrected chi connectivity index (χ4v) is 1.86. The third-order valence-electron chi connectivity index (χ3n) is 2.11. The largest absolute Gasteiger partial charge is 0.466 e. The van der Waals surface area contributed by atoms with Gasteiger partial charge in [0, 0.05) is 6.08 Å². The highest BCUT2D eigenvalue weighted by Crippen LogP contribution is 2.24. The van der Waals surface area contributed by atoms with Gasteiger partial charge >= 0.3 is 23.9 Å². The molecule has 0 amide bonds. The summed E-state index contributed by atoms with van der Waals surface area (Å²) in [5.74, 6) is -3.81. The normalized spacial score (nSPS) is 12.0. The van der Waals surface area contributed by atoms with Crippen molar-refractivity contribution in [3.8, 4) is 0 Å². The Labute approximate surface area is 134 Å². The molecule has 0 heterocycles. The molecule has 21 heavy (non-hydrogen) atoms. The zero-order valence-corrected chi connectivity index (χ0v) is 13.9. The Morgan fingerprint density at radius 2 is 1.24 bits per heavy atom. The standard InChI is InChI=1S/C12H13IO8/c1-18-7(14)5-6(10(15)19-2)8(11(16)20-3)9(13)12(17)21-4/h5H,1-4H3/b6-5-,9-8+. The van der Waals surface area contributed by atoms with Gasteiger partial charge in [-0.25, -0.2) is 19.2 Å². The van der Waals surface area contributed by atoms with Crippen LogP contribution >= 0.6 is 22.6 Å². The highest BCUT2D eigenvalue weighted by molar-refractivity contribution is 14.1. The van der Waals surface area contributed by atoms with Crippen LogP contribution in [0.4, 0.5) is 0 Å². The molecule has 8 nitrogen and oxygen atoms in total. The summed E-state index contributed by atoms with van der Waals surface area (Å²) in [6.07, 6.45) is 0.722. The minimum Gasteiger partial charge on any atom is -0.466 e. The highest BCUT2D eigenvalue weighted by atomic mass is 127. The Hall–Kier alpha value is -1.91. The number of hydrogen-bond acceptors (Lipinski definition) is 8. The summed E-state index contributed by atoms with van der Waals surface area (Å²) in [5.41, 5.74) is -0.937. The Morgan fingerprint density at radius 3 is 1.62 bits per heavy atom. The van der Waals surface area contributed by atoms with E-state index in [1.165, 1.54) is 22.6 Å². The molecule has 0 aliphatic rings. The quantitative estimate of drug-likeness (QED) is 0.209. The van der Waals surface area contributed by atoms with E-state index in [4.69, 9.17) is 0 Å². The Morgan fingerprint density at radius 1 is 0.762 bits per heavy atom. The van der Waals surface area contributed by atoms with Crippen LogP contribution in [0, 0.1) is 0 Å². The molecule has 0 rings (SSSR count). The molecule has 0 saturated heterocycles. The topological polar surface area (TPSA) is 105 Å². The Kier molecular flexibility index (Phi) is 8.28. The van der Waals surface area contributed by atoms with Gasteiger partial charge < -0.3 is 18.9 Å². The summed E-state index contributed by atoms with van der Waals surface area (Å²) in [6, 6.07) is 0. The van der Waals surface area contributed by atoms with E-state index < -0.39 is 35.0 Å². The predicted molar refractivity (Wildman–Crippen MR) is 77.2 cm³/mol. The molecule has 0 aliphatic heterocycles. The third kappa shape index (κ3) is 5.17. The van der Waals surface area contributed by atoms with Crippen molar-refractivity contribution in [2.75, 3.05) is 28.4 Å². The average molecular weight is 412 g/mol. The van der Waals surface area contributed by atoms with Crippen LogP contribution in [-0.4, -0.2) is 52.3 Å². The summed E-state index contributed by atoms with van der Waals surface area (Å²) in [4.78, 5) is 46.4. The van der Waals surface area contributed by atoms with Gasteiger partial charge in [0.15, 0.2) is 0 Å². The Bertz CT molecular complexity index is 517. The summed E-state index contributed by atoms with van der Waals surface area (Å²) in [5, 5.41) is 0. The lowest BCUT2D eigenvalue weighted by Crippen LogP contribution is -2.20. The molecule has 0 aromatic rings. The van der Waals surface area contributed by atoms with Gasteiger partial charge in [-0.15, -0.1) is 0 Å². The number of esters is 4. The zero-order chi connectivity index (χ0) is 16.6. The van der Waals surface area contributed by atoms with Crippen molar-refractivity contribution in [1.29, 1.82) is 0 Å². The lowest BCUT2D eigenvalue weighted by Gasteiger charge is -2.10. The van der Waals surface area contributed by atoms with Crippen LogP contribution in [0.15, 0.2) is 20.8 Å². The van der Waals surface area contributed by atoms with Crippen LogP contribution < -0.4 is 0 Å². The van der Waals surface area contributed by atoms with Gasteiger partial charge in [-0.1, -0.05) is 0 Å². The van der Waals surface area contributed by atoms with Gasteiger partial charge in [-0.05, 0) is 22.6 Å². The monoisotopic (exact) mass is 412 g/mol. The van der Waals surface area contributed by atoms with E-state index in [1.807, 2.05) is 0 Å². The average Bonchev–Trinajstić information content (AvgIpc) is 2.51. The van der Waals surface area contributed by atoms with Crippen molar-refractivity contribution >= 4 is 46.5 Å². The van der Waals surface area contributed by atoms with Gasteiger partial charge in [0.1, 0.15) is 3.58 Å². The second-order valence-corrected chi connectivity index (χ2v) is 4.32. The van der Waals surface area contributed by atoms with Crippen LogP contribution in [0.25, 0.3) is 0 Å².